The van der Waals surface area contributed by atoms with E-state index in [4.69, 9.17) is 0 Å². The van der Waals surface area contributed by atoms with Gasteiger partial charge in [-0.2, -0.15) is 0 Å². The summed E-state index contributed by atoms with van der Waals surface area (Å²) in [5.41, 5.74) is 0. The molecule has 1 heterocycles. The SMILES string of the molecule is C=CC(=O)C1C=CNC1=O. The molecule has 0 aromatic rings. The molecule has 0 saturated carbocycles. The molecule has 10 heavy (non-hydrogen) atoms. The second-order valence-corrected chi connectivity index (χ2v) is 1.95. The number of carbonyl (C=O) groups excluding carboxylic acids is 2. The maximum absolute atomic E-state index is 10.8. The fourth-order valence-corrected chi connectivity index (χ4v) is 0.755. The number of hydrogen-bond donors (Lipinski definition) is 1. The Bertz CT molecular complexity index is 218. The molecule has 1 N–H and O–H groups in total. The predicted molar refractivity (Wildman–Crippen MR) is 36.0 cm³/mol. The van der Waals surface area contributed by atoms with E-state index in [1.165, 1.54) is 12.3 Å². The van der Waals surface area contributed by atoms with E-state index in [1.54, 1.807) is 0 Å². The van der Waals surface area contributed by atoms with Gasteiger partial charge >= 0.3 is 0 Å². The Morgan fingerprint density at radius 3 is 2.90 bits per heavy atom. The Labute approximate surface area is 58.4 Å². The molecule has 1 aliphatic rings. The van der Waals surface area contributed by atoms with Crippen LogP contribution in [0.4, 0.5) is 0 Å². The van der Waals surface area contributed by atoms with E-state index >= 15 is 0 Å². The fourth-order valence-electron chi connectivity index (χ4n) is 0.755. The zero-order valence-electron chi connectivity index (χ0n) is 5.33. The minimum Gasteiger partial charge on any atom is -0.332 e. The van der Waals surface area contributed by atoms with E-state index < -0.39 is 5.92 Å². The Morgan fingerprint density at radius 1 is 1.80 bits per heavy atom. The van der Waals surface area contributed by atoms with Gasteiger partial charge in [0.15, 0.2) is 5.78 Å². The van der Waals surface area contributed by atoms with Gasteiger partial charge in [0.25, 0.3) is 0 Å². The Kier molecular flexibility index (Phi) is 1.67. The summed E-state index contributed by atoms with van der Waals surface area (Å²) in [7, 11) is 0. The Morgan fingerprint density at radius 2 is 2.50 bits per heavy atom. The number of hydrogen-bond acceptors (Lipinski definition) is 2. The van der Waals surface area contributed by atoms with Crippen LogP contribution in [0.1, 0.15) is 0 Å². The van der Waals surface area contributed by atoms with Crippen LogP contribution in [0.2, 0.25) is 0 Å². The number of amides is 1. The molecule has 0 spiro atoms. The van der Waals surface area contributed by atoms with Crippen LogP contribution in [-0.4, -0.2) is 11.7 Å². The minimum atomic E-state index is -0.641. The number of ketones is 1. The summed E-state index contributed by atoms with van der Waals surface area (Å²) in [6, 6.07) is 0. The summed E-state index contributed by atoms with van der Waals surface area (Å²) in [6.07, 6.45) is 4.14. The third kappa shape index (κ3) is 0.978. The highest BCUT2D eigenvalue weighted by molar-refractivity contribution is 6.09. The minimum absolute atomic E-state index is 0.258. The van der Waals surface area contributed by atoms with Crippen LogP contribution in [0.25, 0.3) is 0 Å². The van der Waals surface area contributed by atoms with Crippen molar-refractivity contribution in [2.75, 3.05) is 0 Å². The van der Waals surface area contributed by atoms with Gasteiger partial charge in [-0.3, -0.25) is 9.59 Å². The van der Waals surface area contributed by atoms with Crippen molar-refractivity contribution >= 4 is 11.7 Å². The van der Waals surface area contributed by atoms with E-state index in [0.29, 0.717) is 0 Å². The Hall–Kier alpha value is -1.38. The standard InChI is InChI=1S/C7H7NO2/c1-2-6(9)5-3-4-8-7(5)10/h2-5H,1H2,(H,8,10). The maximum atomic E-state index is 10.8. The monoisotopic (exact) mass is 137 g/mol. The molecule has 1 atom stereocenters. The Balaban J connectivity index is 2.72. The summed E-state index contributed by atoms with van der Waals surface area (Å²) in [5.74, 6) is -1.17. The highest BCUT2D eigenvalue weighted by atomic mass is 16.2. The molecule has 52 valence electrons. The molecular weight excluding hydrogens is 130 g/mol. The molecule has 1 rings (SSSR count). The molecule has 0 aliphatic carbocycles. The van der Waals surface area contributed by atoms with Crippen molar-refractivity contribution in [2.45, 2.75) is 0 Å². The molecule has 1 unspecified atom stereocenters. The zero-order chi connectivity index (χ0) is 7.56. The molecule has 1 aliphatic heterocycles. The predicted octanol–water partition coefficient (Wildman–Crippen LogP) is 0.00120. The van der Waals surface area contributed by atoms with Gasteiger partial charge in [-0.25, -0.2) is 0 Å². The molecule has 3 nitrogen and oxygen atoms in total. The number of allylic oxidation sites excluding steroid dienone is 1. The lowest BCUT2D eigenvalue weighted by Gasteiger charge is -1.97. The molecule has 0 saturated heterocycles. The molecule has 0 aromatic heterocycles. The lowest BCUT2D eigenvalue weighted by atomic mass is 10.1. The highest BCUT2D eigenvalue weighted by Crippen LogP contribution is 2.06. The summed E-state index contributed by atoms with van der Waals surface area (Å²) in [4.78, 5) is 21.5. The average Bonchev–Trinajstić information content (AvgIpc) is 2.34. The van der Waals surface area contributed by atoms with Gasteiger partial charge in [0.1, 0.15) is 5.92 Å². The third-order valence-corrected chi connectivity index (χ3v) is 1.30. The third-order valence-electron chi connectivity index (χ3n) is 1.30. The van der Waals surface area contributed by atoms with Gasteiger partial charge in [0, 0.05) is 6.20 Å². The smallest absolute Gasteiger partial charge is 0.238 e. The zero-order valence-corrected chi connectivity index (χ0v) is 5.33. The van der Waals surface area contributed by atoms with Gasteiger partial charge in [0.2, 0.25) is 5.91 Å². The van der Waals surface area contributed by atoms with Crippen LogP contribution in [0, 0.1) is 5.92 Å². The quantitative estimate of drug-likeness (QED) is 0.430. The first-order chi connectivity index (χ1) is 4.75. The van der Waals surface area contributed by atoms with Crippen molar-refractivity contribution in [3.05, 3.63) is 24.9 Å². The first-order valence-corrected chi connectivity index (χ1v) is 2.89. The second kappa shape index (κ2) is 2.47. The second-order valence-electron chi connectivity index (χ2n) is 1.95. The molecule has 0 radical (unpaired) electrons. The maximum Gasteiger partial charge on any atom is 0.238 e. The molecule has 0 bridgehead atoms. The lowest BCUT2D eigenvalue weighted by Crippen LogP contribution is -2.24. The van der Waals surface area contributed by atoms with E-state index in [2.05, 4.69) is 11.9 Å². The van der Waals surface area contributed by atoms with Crippen molar-refractivity contribution in [1.29, 1.82) is 0 Å². The molecular formula is C7H7NO2. The van der Waals surface area contributed by atoms with E-state index in [-0.39, 0.29) is 11.7 Å². The summed E-state index contributed by atoms with van der Waals surface area (Å²) >= 11 is 0. The number of nitrogens with one attached hydrogen (secondary N) is 1. The van der Waals surface area contributed by atoms with Gasteiger partial charge in [-0.15, -0.1) is 0 Å². The van der Waals surface area contributed by atoms with Crippen LogP contribution in [0.15, 0.2) is 24.9 Å². The normalized spacial score (nSPS) is 22.4. The first-order valence-electron chi connectivity index (χ1n) is 2.89. The van der Waals surface area contributed by atoms with Gasteiger partial charge in [-0.1, -0.05) is 6.58 Å². The van der Waals surface area contributed by atoms with Crippen LogP contribution < -0.4 is 5.32 Å². The van der Waals surface area contributed by atoms with Crippen molar-refractivity contribution in [3.8, 4) is 0 Å². The van der Waals surface area contributed by atoms with Crippen molar-refractivity contribution in [3.63, 3.8) is 0 Å². The van der Waals surface area contributed by atoms with Crippen LogP contribution >= 0.6 is 0 Å². The summed E-state index contributed by atoms with van der Waals surface area (Å²) in [6.45, 7) is 3.28. The first kappa shape index (κ1) is 6.74. The van der Waals surface area contributed by atoms with Gasteiger partial charge in [-0.05, 0) is 12.2 Å². The van der Waals surface area contributed by atoms with E-state index in [1.807, 2.05) is 0 Å². The molecule has 0 fully saturated rings. The molecule has 1 amide bonds. The molecule has 0 aromatic carbocycles. The average molecular weight is 137 g/mol. The van der Waals surface area contributed by atoms with E-state index in [0.717, 1.165) is 6.08 Å². The topological polar surface area (TPSA) is 46.2 Å². The fraction of sp³-hybridized carbons (Fsp3) is 0.143. The van der Waals surface area contributed by atoms with Crippen molar-refractivity contribution < 1.29 is 9.59 Å². The summed E-state index contributed by atoms with van der Waals surface area (Å²) < 4.78 is 0. The lowest BCUT2D eigenvalue weighted by molar-refractivity contribution is -0.128. The van der Waals surface area contributed by atoms with Crippen molar-refractivity contribution in [2.24, 2.45) is 5.92 Å². The number of rotatable bonds is 2. The van der Waals surface area contributed by atoms with Crippen LogP contribution in [0.3, 0.4) is 0 Å². The van der Waals surface area contributed by atoms with Gasteiger partial charge in [0.05, 0.1) is 0 Å². The van der Waals surface area contributed by atoms with Gasteiger partial charge < -0.3 is 5.32 Å². The summed E-state index contributed by atoms with van der Waals surface area (Å²) in [5, 5.41) is 2.40. The van der Waals surface area contributed by atoms with E-state index in [9.17, 15) is 9.59 Å². The highest BCUT2D eigenvalue weighted by Gasteiger charge is 2.23. The largest absolute Gasteiger partial charge is 0.332 e. The van der Waals surface area contributed by atoms with Crippen LogP contribution in [0.5, 0.6) is 0 Å². The number of carbonyl (C=O) groups is 2. The molecule has 3 heteroatoms. The van der Waals surface area contributed by atoms with Crippen molar-refractivity contribution in [1.82, 2.24) is 5.32 Å². The van der Waals surface area contributed by atoms with Crippen LogP contribution in [-0.2, 0) is 9.59 Å².